The van der Waals surface area contributed by atoms with Crippen molar-refractivity contribution in [2.45, 2.75) is 50.7 Å². The number of methoxy groups -OCH3 is 1. The van der Waals surface area contributed by atoms with Crippen LogP contribution in [0.1, 0.15) is 39.0 Å². The molecule has 0 saturated carbocycles. The third-order valence-corrected chi connectivity index (χ3v) is 3.65. The molecule has 1 saturated heterocycles. The summed E-state index contributed by atoms with van der Waals surface area (Å²) in [5, 5.41) is 3.55. The average molecular weight is 239 g/mol. The zero-order chi connectivity index (χ0) is 12.6. The van der Waals surface area contributed by atoms with E-state index in [9.17, 15) is 0 Å². The molecule has 1 rings (SSSR count). The van der Waals surface area contributed by atoms with E-state index in [1.54, 1.807) is 0 Å². The summed E-state index contributed by atoms with van der Waals surface area (Å²) in [6, 6.07) is 0.384. The van der Waals surface area contributed by atoms with Crippen LogP contribution in [-0.2, 0) is 9.47 Å². The number of unbranched alkanes of at least 4 members (excludes halogenated alkanes) is 1. The molecule has 0 aromatic heterocycles. The molecular formula is C14H25NO2. The molecule has 1 aliphatic heterocycles. The molecule has 1 unspecified atom stereocenters. The summed E-state index contributed by atoms with van der Waals surface area (Å²) in [6.07, 6.45) is 10.2. The van der Waals surface area contributed by atoms with Crippen LogP contribution in [0.4, 0.5) is 0 Å². The Hall–Kier alpha value is -0.560. The third-order valence-electron chi connectivity index (χ3n) is 3.65. The molecule has 0 amide bonds. The van der Waals surface area contributed by atoms with Gasteiger partial charge in [0.25, 0.3) is 0 Å². The Bertz CT molecular complexity index is 241. The van der Waals surface area contributed by atoms with Crippen molar-refractivity contribution in [3.8, 4) is 12.3 Å². The number of hydrogen-bond acceptors (Lipinski definition) is 3. The summed E-state index contributed by atoms with van der Waals surface area (Å²) in [5.41, 5.74) is -0.0666. The summed E-state index contributed by atoms with van der Waals surface area (Å²) < 4.78 is 11.3. The lowest BCUT2D eigenvalue weighted by Gasteiger charge is -2.42. The highest BCUT2D eigenvalue weighted by atomic mass is 16.5. The summed E-state index contributed by atoms with van der Waals surface area (Å²) in [6.45, 7) is 4.69. The second-order valence-corrected chi connectivity index (χ2v) is 4.59. The number of terminal acetylenes is 1. The maximum absolute atomic E-state index is 5.83. The van der Waals surface area contributed by atoms with Gasteiger partial charge in [0, 0.05) is 45.6 Å². The van der Waals surface area contributed by atoms with E-state index < -0.39 is 0 Å². The van der Waals surface area contributed by atoms with Gasteiger partial charge in [0.15, 0.2) is 0 Å². The van der Waals surface area contributed by atoms with E-state index in [4.69, 9.17) is 15.9 Å². The van der Waals surface area contributed by atoms with Gasteiger partial charge < -0.3 is 14.8 Å². The molecule has 0 bridgehead atoms. The maximum atomic E-state index is 5.83. The van der Waals surface area contributed by atoms with Gasteiger partial charge in [-0.1, -0.05) is 6.92 Å². The molecule has 17 heavy (non-hydrogen) atoms. The van der Waals surface area contributed by atoms with Gasteiger partial charge >= 0.3 is 0 Å². The minimum atomic E-state index is -0.0666. The second-order valence-electron chi connectivity index (χ2n) is 4.59. The predicted molar refractivity (Wildman–Crippen MR) is 69.9 cm³/mol. The van der Waals surface area contributed by atoms with Crippen LogP contribution in [-0.4, -0.2) is 38.5 Å². The van der Waals surface area contributed by atoms with Crippen molar-refractivity contribution in [3.63, 3.8) is 0 Å². The monoisotopic (exact) mass is 239 g/mol. The van der Waals surface area contributed by atoms with Crippen molar-refractivity contribution >= 4 is 0 Å². The lowest BCUT2D eigenvalue weighted by molar-refractivity contribution is -0.111. The molecule has 3 nitrogen and oxygen atoms in total. The van der Waals surface area contributed by atoms with Crippen LogP contribution < -0.4 is 5.32 Å². The van der Waals surface area contributed by atoms with Gasteiger partial charge in [0.1, 0.15) is 0 Å². The molecule has 0 spiro atoms. The summed E-state index contributed by atoms with van der Waals surface area (Å²) in [5.74, 6) is 2.71. The number of rotatable bonds is 7. The highest BCUT2D eigenvalue weighted by Gasteiger charge is 2.39. The van der Waals surface area contributed by atoms with Gasteiger partial charge in [0.05, 0.1) is 5.60 Å². The third kappa shape index (κ3) is 3.99. The summed E-state index contributed by atoms with van der Waals surface area (Å²) in [4.78, 5) is 0. The first-order valence-electron chi connectivity index (χ1n) is 6.59. The maximum Gasteiger partial charge on any atom is 0.0874 e. The Kier molecular flexibility index (Phi) is 6.57. The molecule has 1 aliphatic rings. The molecule has 0 aromatic rings. The predicted octanol–water partition coefficient (Wildman–Crippen LogP) is 1.96. The zero-order valence-corrected chi connectivity index (χ0v) is 11.1. The Balaban J connectivity index is 2.60. The fourth-order valence-corrected chi connectivity index (χ4v) is 2.62. The Labute approximate surface area is 105 Å². The largest absolute Gasteiger partial charge is 0.381 e. The molecule has 1 heterocycles. The highest BCUT2D eigenvalue weighted by Crippen LogP contribution is 2.30. The van der Waals surface area contributed by atoms with Crippen molar-refractivity contribution in [2.24, 2.45) is 0 Å². The van der Waals surface area contributed by atoms with Gasteiger partial charge in [-0.3, -0.25) is 0 Å². The molecule has 1 fully saturated rings. The zero-order valence-electron chi connectivity index (χ0n) is 11.1. The van der Waals surface area contributed by atoms with Gasteiger partial charge in [-0.2, -0.15) is 0 Å². The van der Waals surface area contributed by atoms with Crippen LogP contribution >= 0.6 is 0 Å². The van der Waals surface area contributed by atoms with E-state index in [0.29, 0.717) is 6.04 Å². The quantitative estimate of drug-likeness (QED) is 0.544. The molecule has 1 atom stereocenters. The van der Waals surface area contributed by atoms with Crippen molar-refractivity contribution in [1.82, 2.24) is 5.32 Å². The highest BCUT2D eigenvalue weighted by molar-refractivity contribution is 4.95. The number of likely N-dealkylation sites (N-methyl/N-ethyl adjacent to an activating group) is 1. The van der Waals surface area contributed by atoms with E-state index in [-0.39, 0.29) is 5.60 Å². The lowest BCUT2D eigenvalue weighted by Crippen LogP contribution is -2.55. The van der Waals surface area contributed by atoms with Crippen molar-refractivity contribution in [1.29, 1.82) is 0 Å². The first-order valence-corrected chi connectivity index (χ1v) is 6.59. The van der Waals surface area contributed by atoms with Gasteiger partial charge in [0.2, 0.25) is 0 Å². The van der Waals surface area contributed by atoms with E-state index in [1.807, 2.05) is 7.11 Å². The SMILES string of the molecule is C#CCCCC(NCC)C1(OC)CCOCC1. The number of ether oxygens (including phenoxy) is 2. The van der Waals surface area contributed by atoms with Crippen LogP contribution in [0.25, 0.3) is 0 Å². The summed E-state index contributed by atoms with van der Waals surface area (Å²) >= 11 is 0. The number of hydrogen-bond donors (Lipinski definition) is 1. The molecule has 0 aliphatic carbocycles. The van der Waals surface area contributed by atoms with Crippen LogP contribution in [0.2, 0.25) is 0 Å². The first kappa shape index (κ1) is 14.5. The Morgan fingerprint density at radius 3 is 2.71 bits per heavy atom. The van der Waals surface area contributed by atoms with E-state index in [1.165, 1.54) is 0 Å². The van der Waals surface area contributed by atoms with Crippen LogP contribution in [0, 0.1) is 12.3 Å². The fourth-order valence-electron chi connectivity index (χ4n) is 2.62. The summed E-state index contributed by atoms with van der Waals surface area (Å²) in [7, 11) is 1.82. The van der Waals surface area contributed by atoms with Crippen LogP contribution in [0.15, 0.2) is 0 Å². The van der Waals surface area contributed by atoms with Gasteiger partial charge in [-0.25, -0.2) is 0 Å². The average Bonchev–Trinajstić information content (AvgIpc) is 2.39. The minimum absolute atomic E-state index is 0.0666. The second kappa shape index (κ2) is 7.71. The van der Waals surface area contributed by atoms with Crippen molar-refractivity contribution in [3.05, 3.63) is 0 Å². The minimum Gasteiger partial charge on any atom is -0.381 e. The van der Waals surface area contributed by atoms with Crippen LogP contribution in [0.5, 0.6) is 0 Å². The van der Waals surface area contributed by atoms with E-state index in [0.717, 1.165) is 51.9 Å². The van der Waals surface area contributed by atoms with Crippen LogP contribution in [0.3, 0.4) is 0 Å². The molecular weight excluding hydrogens is 214 g/mol. The molecule has 0 aromatic carbocycles. The molecule has 98 valence electrons. The molecule has 3 heteroatoms. The Morgan fingerprint density at radius 2 is 2.18 bits per heavy atom. The topological polar surface area (TPSA) is 30.5 Å². The van der Waals surface area contributed by atoms with Gasteiger partial charge in [-0.15, -0.1) is 12.3 Å². The number of nitrogens with one attached hydrogen (secondary N) is 1. The molecule has 0 radical (unpaired) electrons. The molecule has 1 N–H and O–H groups in total. The van der Waals surface area contributed by atoms with Gasteiger partial charge in [-0.05, 0) is 19.4 Å². The standard InChI is InChI=1S/C14H25NO2/c1-4-6-7-8-13(15-5-2)14(16-3)9-11-17-12-10-14/h1,13,15H,5-12H2,2-3H3. The smallest absolute Gasteiger partial charge is 0.0874 e. The van der Waals surface area contributed by atoms with E-state index >= 15 is 0 Å². The Morgan fingerprint density at radius 1 is 1.47 bits per heavy atom. The van der Waals surface area contributed by atoms with Crippen molar-refractivity contribution < 1.29 is 9.47 Å². The van der Waals surface area contributed by atoms with E-state index in [2.05, 4.69) is 18.2 Å². The first-order chi connectivity index (χ1) is 8.29. The van der Waals surface area contributed by atoms with Crippen molar-refractivity contribution in [2.75, 3.05) is 26.9 Å². The normalized spacial score (nSPS) is 20.8. The lowest BCUT2D eigenvalue weighted by atomic mass is 9.83. The fraction of sp³-hybridized carbons (Fsp3) is 0.857.